The lowest BCUT2D eigenvalue weighted by Crippen LogP contribution is -2.08. The van der Waals surface area contributed by atoms with Crippen LogP contribution in [0.4, 0.5) is 5.69 Å². The highest BCUT2D eigenvalue weighted by Crippen LogP contribution is 2.15. The summed E-state index contributed by atoms with van der Waals surface area (Å²) in [5.41, 5.74) is 2.74. The molecule has 0 atom stereocenters. The molecule has 0 aromatic heterocycles. The molecule has 0 heterocycles. The predicted molar refractivity (Wildman–Crippen MR) is 85.6 cm³/mol. The fourth-order valence-corrected chi connectivity index (χ4v) is 1.91. The molecule has 0 aliphatic carbocycles. The number of ketones is 1. The summed E-state index contributed by atoms with van der Waals surface area (Å²) in [6.45, 7) is 0. The lowest BCUT2D eigenvalue weighted by molar-refractivity contribution is 0.104. The molecular weight excluding hydrogens is 270 g/mol. The van der Waals surface area contributed by atoms with Gasteiger partial charge in [0, 0.05) is 30.4 Å². The first kappa shape index (κ1) is 14.4. The van der Waals surface area contributed by atoms with Gasteiger partial charge in [-0.3, -0.25) is 4.79 Å². The molecule has 102 valence electrons. The molecule has 0 aliphatic rings. The van der Waals surface area contributed by atoms with Gasteiger partial charge in [0.15, 0.2) is 5.78 Å². The minimum Gasteiger partial charge on any atom is -0.378 e. The highest BCUT2D eigenvalue weighted by Gasteiger charge is 2.01. The SMILES string of the molecule is CN(C)c1cccc(/C=C/C(=O)c2ccc(Cl)cc2)c1. The molecular formula is C17H16ClNO. The van der Waals surface area contributed by atoms with E-state index in [0.29, 0.717) is 10.6 Å². The average molecular weight is 286 g/mol. The number of allylic oxidation sites excluding steroid dienone is 1. The summed E-state index contributed by atoms with van der Waals surface area (Å²) < 4.78 is 0. The molecule has 0 fully saturated rings. The summed E-state index contributed by atoms with van der Waals surface area (Å²) in [6, 6.07) is 14.9. The van der Waals surface area contributed by atoms with Crippen LogP contribution in [-0.4, -0.2) is 19.9 Å². The number of halogens is 1. The van der Waals surface area contributed by atoms with Crippen LogP contribution in [0.5, 0.6) is 0 Å². The number of benzene rings is 2. The molecule has 0 bridgehead atoms. The van der Waals surface area contributed by atoms with Gasteiger partial charge in [-0.05, 0) is 48.0 Å². The van der Waals surface area contributed by atoms with E-state index in [9.17, 15) is 4.79 Å². The molecule has 0 spiro atoms. The summed E-state index contributed by atoms with van der Waals surface area (Å²) in [6.07, 6.45) is 3.40. The van der Waals surface area contributed by atoms with Crippen LogP contribution in [0.3, 0.4) is 0 Å². The summed E-state index contributed by atoms with van der Waals surface area (Å²) >= 11 is 5.80. The van der Waals surface area contributed by atoms with Crippen molar-refractivity contribution in [2.24, 2.45) is 0 Å². The Kier molecular flexibility index (Phi) is 4.59. The van der Waals surface area contributed by atoms with Gasteiger partial charge in [0.2, 0.25) is 0 Å². The van der Waals surface area contributed by atoms with E-state index in [0.717, 1.165) is 11.3 Å². The normalized spacial score (nSPS) is 10.8. The van der Waals surface area contributed by atoms with Crippen molar-refractivity contribution in [1.29, 1.82) is 0 Å². The monoisotopic (exact) mass is 285 g/mol. The smallest absolute Gasteiger partial charge is 0.185 e. The van der Waals surface area contributed by atoms with Gasteiger partial charge < -0.3 is 4.90 Å². The van der Waals surface area contributed by atoms with Crippen LogP contribution in [0.15, 0.2) is 54.6 Å². The van der Waals surface area contributed by atoms with Gasteiger partial charge in [0.25, 0.3) is 0 Å². The van der Waals surface area contributed by atoms with Crippen LogP contribution < -0.4 is 4.90 Å². The van der Waals surface area contributed by atoms with Crippen LogP contribution in [-0.2, 0) is 0 Å². The largest absolute Gasteiger partial charge is 0.378 e. The summed E-state index contributed by atoms with van der Waals surface area (Å²) in [5, 5.41) is 0.629. The molecule has 3 heteroatoms. The number of hydrogen-bond acceptors (Lipinski definition) is 2. The number of nitrogens with zero attached hydrogens (tertiary/aromatic N) is 1. The standard InChI is InChI=1S/C17H16ClNO/c1-19(2)16-5-3-4-13(12-16)6-11-17(20)14-7-9-15(18)10-8-14/h3-12H,1-2H3/b11-6+. The third-order valence-corrected chi connectivity index (χ3v) is 3.19. The number of hydrogen-bond donors (Lipinski definition) is 0. The molecule has 0 saturated heterocycles. The Balaban J connectivity index is 2.14. The topological polar surface area (TPSA) is 20.3 Å². The highest BCUT2D eigenvalue weighted by atomic mass is 35.5. The van der Waals surface area contributed by atoms with Crippen molar-refractivity contribution in [3.05, 3.63) is 70.8 Å². The number of rotatable bonds is 4. The van der Waals surface area contributed by atoms with Crippen LogP contribution in [0.2, 0.25) is 5.02 Å². The molecule has 0 radical (unpaired) electrons. The Hall–Kier alpha value is -2.06. The zero-order valence-corrected chi connectivity index (χ0v) is 12.3. The van der Waals surface area contributed by atoms with E-state index in [4.69, 9.17) is 11.6 Å². The quantitative estimate of drug-likeness (QED) is 0.616. The Labute approximate surface area is 124 Å². The van der Waals surface area contributed by atoms with Crippen molar-refractivity contribution in [3.8, 4) is 0 Å². The molecule has 0 unspecified atom stereocenters. The number of anilines is 1. The van der Waals surface area contributed by atoms with Gasteiger partial charge in [-0.25, -0.2) is 0 Å². The van der Waals surface area contributed by atoms with E-state index in [1.165, 1.54) is 0 Å². The van der Waals surface area contributed by atoms with E-state index >= 15 is 0 Å². The fraction of sp³-hybridized carbons (Fsp3) is 0.118. The van der Waals surface area contributed by atoms with E-state index in [2.05, 4.69) is 0 Å². The van der Waals surface area contributed by atoms with Crippen molar-refractivity contribution < 1.29 is 4.79 Å². The van der Waals surface area contributed by atoms with Crippen molar-refractivity contribution >= 4 is 29.1 Å². The lowest BCUT2D eigenvalue weighted by Gasteiger charge is -2.12. The first-order valence-electron chi connectivity index (χ1n) is 6.31. The number of carbonyl (C=O) groups excluding carboxylic acids is 1. The second-order valence-electron chi connectivity index (χ2n) is 4.69. The number of carbonyl (C=O) groups is 1. The van der Waals surface area contributed by atoms with Crippen molar-refractivity contribution in [2.75, 3.05) is 19.0 Å². The van der Waals surface area contributed by atoms with Crippen LogP contribution in [0.1, 0.15) is 15.9 Å². The lowest BCUT2D eigenvalue weighted by atomic mass is 10.1. The molecule has 0 saturated carbocycles. The fourth-order valence-electron chi connectivity index (χ4n) is 1.79. The third-order valence-electron chi connectivity index (χ3n) is 2.94. The van der Waals surface area contributed by atoms with Gasteiger partial charge in [-0.1, -0.05) is 29.8 Å². The van der Waals surface area contributed by atoms with Gasteiger partial charge in [0.05, 0.1) is 0 Å². The molecule has 0 N–H and O–H groups in total. The van der Waals surface area contributed by atoms with Crippen LogP contribution >= 0.6 is 11.6 Å². The molecule has 0 amide bonds. The zero-order chi connectivity index (χ0) is 14.5. The molecule has 2 rings (SSSR count). The maximum Gasteiger partial charge on any atom is 0.185 e. The molecule has 0 aliphatic heterocycles. The zero-order valence-electron chi connectivity index (χ0n) is 11.5. The minimum absolute atomic E-state index is 0.0306. The van der Waals surface area contributed by atoms with Crippen LogP contribution in [0.25, 0.3) is 6.08 Å². The third kappa shape index (κ3) is 3.72. The average Bonchev–Trinajstić information content (AvgIpc) is 2.46. The first-order chi connectivity index (χ1) is 9.56. The van der Waals surface area contributed by atoms with E-state index in [1.54, 1.807) is 30.3 Å². The first-order valence-corrected chi connectivity index (χ1v) is 6.69. The second-order valence-corrected chi connectivity index (χ2v) is 5.13. The summed E-state index contributed by atoms with van der Waals surface area (Å²) in [4.78, 5) is 14.0. The van der Waals surface area contributed by atoms with E-state index < -0.39 is 0 Å². The summed E-state index contributed by atoms with van der Waals surface area (Å²) in [7, 11) is 3.98. The van der Waals surface area contributed by atoms with Gasteiger partial charge in [0.1, 0.15) is 0 Å². The van der Waals surface area contributed by atoms with Crippen molar-refractivity contribution in [3.63, 3.8) is 0 Å². The maximum atomic E-state index is 12.0. The Morgan fingerprint density at radius 3 is 2.45 bits per heavy atom. The summed E-state index contributed by atoms with van der Waals surface area (Å²) in [5.74, 6) is -0.0306. The van der Waals surface area contributed by atoms with Crippen LogP contribution in [0, 0.1) is 0 Å². The van der Waals surface area contributed by atoms with Crippen molar-refractivity contribution in [2.45, 2.75) is 0 Å². The Bertz CT molecular complexity index is 630. The van der Waals surface area contributed by atoms with Gasteiger partial charge in [-0.15, -0.1) is 0 Å². The molecule has 2 aromatic rings. The van der Waals surface area contributed by atoms with E-state index in [-0.39, 0.29) is 5.78 Å². The minimum atomic E-state index is -0.0306. The highest BCUT2D eigenvalue weighted by molar-refractivity contribution is 6.30. The van der Waals surface area contributed by atoms with Gasteiger partial charge >= 0.3 is 0 Å². The van der Waals surface area contributed by atoms with Crippen molar-refractivity contribution in [1.82, 2.24) is 0 Å². The Morgan fingerprint density at radius 1 is 1.10 bits per heavy atom. The van der Waals surface area contributed by atoms with Gasteiger partial charge in [-0.2, -0.15) is 0 Å². The molecule has 2 aromatic carbocycles. The Morgan fingerprint density at radius 2 is 1.80 bits per heavy atom. The molecule has 2 nitrogen and oxygen atoms in total. The van der Waals surface area contributed by atoms with E-state index in [1.807, 2.05) is 49.3 Å². The maximum absolute atomic E-state index is 12.0. The molecule has 20 heavy (non-hydrogen) atoms. The second kappa shape index (κ2) is 6.40. The predicted octanol–water partition coefficient (Wildman–Crippen LogP) is 4.30.